The van der Waals surface area contributed by atoms with Gasteiger partial charge in [-0.25, -0.2) is 4.68 Å². The maximum absolute atomic E-state index is 11.9. The molecular weight excluding hydrogens is 386 g/mol. The molecule has 1 aromatic heterocycles. The summed E-state index contributed by atoms with van der Waals surface area (Å²) in [5.41, 5.74) is 0.857. The Balaban J connectivity index is 1.54. The molecule has 0 saturated carbocycles. The summed E-state index contributed by atoms with van der Waals surface area (Å²) >= 11 is 14.0. The van der Waals surface area contributed by atoms with Crippen molar-refractivity contribution in [2.75, 3.05) is 18.9 Å². The summed E-state index contributed by atoms with van der Waals surface area (Å²) in [6, 6.07) is 7.31. The lowest BCUT2D eigenvalue weighted by atomic mass is 10.2. The molecule has 0 radical (unpaired) electrons. The topological polar surface area (TPSA) is 56.2 Å². The number of carbonyl (C=O) groups is 1. The molecule has 2 aromatic rings. The van der Waals surface area contributed by atoms with Gasteiger partial charge < -0.3 is 10.1 Å². The van der Waals surface area contributed by atoms with E-state index in [4.69, 9.17) is 28.6 Å². The Morgan fingerprint density at radius 1 is 1.50 bits per heavy atom. The van der Waals surface area contributed by atoms with Crippen LogP contribution in [0.2, 0.25) is 5.02 Å². The number of rotatable bonds is 6. The van der Waals surface area contributed by atoms with Gasteiger partial charge in [0.05, 0.1) is 17.5 Å². The lowest BCUT2D eigenvalue weighted by Crippen LogP contribution is -2.32. The van der Waals surface area contributed by atoms with E-state index in [1.807, 2.05) is 12.1 Å². The van der Waals surface area contributed by atoms with Gasteiger partial charge >= 0.3 is 0 Å². The van der Waals surface area contributed by atoms with E-state index in [-0.39, 0.29) is 12.0 Å². The van der Waals surface area contributed by atoms with E-state index in [0.717, 1.165) is 29.5 Å². The van der Waals surface area contributed by atoms with Crippen molar-refractivity contribution in [3.8, 4) is 5.69 Å². The first-order valence-electron chi connectivity index (χ1n) is 7.49. The molecule has 1 aliphatic rings. The van der Waals surface area contributed by atoms with Gasteiger partial charge in [-0.1, -0.05) is 34.7 Å². The largest absolute Gasteiger partial charge is 0.376 e. The van der Waals surface area contributed by atoms with Crippen molar-refractivity contribution in [1.82, 2.24) is 15.1 Å². The monoisotopic (exact) mass is 401 g/mol. The average molecular weight is 402 g/mol. The number of aromatic nitrogens is 2. The quantitative estimate of drug-likeness (QED) is 0.590. The highest BCUT2D eigenvalue weighted by atomic mass is 35.5. The van der Waals surface area contributed by atoms with Crippen LogP contribution in [-0.2, 0) is 9.53 Å². The van der Waals surface area contributed by atoms with Crippen molar-refractivity contribution in [1.29, 1.82) is 0 Å². The van der Waals surface area contributed by atoms with Gasteiger partial charge in [-0.15, -0.1) is 5.10 Å². The lowest BCUT2D eigenvalue weighted by molar-refractivity contribution is -0.119. The molecule has 1 N–H and O–H groups in total. The van der Waals surface area contributed by atoms with Crippen LogP contribution in [0.5, 0.6) is 0 Å². The first kappa shape index (κ1) is 17.9. The highest BCUT2D eigenvalue weighted by Crippen LogP contribution is 2.24. The van der Waals surface area contributed by atoms with E-state index in [1.54, 1.807) is 16.8 Å². The molecule has 5 nitrogen and oxygen atoms in total. The number of carbonyl (C=O) groups excluding carboxylic acids is 1. The Kier molecular flexibility index (Phi) is 6.29. The maximum Gasteiger partial charge on any atom is 0.230 e. The van der Waals surface area contributed by atoms with Crippen LogP contribution in [0.1, 0.15) is 12.8 Å². The van der Waals surface area contributed by atoms with Gasteiger partial charge in [0.1, 0.15) is 0 Å². The highest BCUT2D eigenvalue weighted by Gasteiger charge is 2.16. The molecule has 0 spiro atoms. The predicted molar refractivity (Wildman–Crippen MR) is 100.0 cm³/mol. The molecule has 0 bridgehead atoms. The summed E-state index contributed by atoms with van der Waals surface area (Å²) in [5.74, 6) is 0.296. The first-order valence-corrected chi connectivity index (χ1v) is 10.1. The predicted octanol–water partition coefficient (Wildman–Crippen LogP) is 3.70. The van der Waals surface area contributed by atoms with E-state index >= 15 is 0 Å². The van der Waals surface area contributed by atoms with Crippen molar-refractivity contribution >= 4 is 52.8 Å². The molecule has 1 fully saturated rings. The number of amides is 1. The lowest BCUT2D eigenvalue weighted by Gasteiger charge is -2.09. The zero-order chi connectivity index (χ0) is 16.9. The number of benzene rings is 1. The van der Waals surface area contributed by atoms with Crippen molar-refractivity contribution in [3.63, 3.8) is 0 Å². The van der Waals surface area contributed by atoms with Crippen LogP contribution >= 0.6 is 46.9 Å². The molecule has 1 aliphatic heterocycles. The van der Waals surface area contributed by atoms with Gasteiger partial charge in [-0.05, 0) is 49.3 Å². The number of nitrogens with one attached hydrogen (secondary N) is 1. The zero-order valence-electron chi connectivity index (χ0n) is 12.7. The van der Waals surface area contributed by atoms with Crippen LogP contribution in [0.15, 0.2) is 28.6 Å². The Bertz CT molecular complexity index is 754. The third-order valence-corrected chi connectivity index (χ3v) is 6.10. The SMILES string of the molecule is O=C(CSc1nn(-c2ccc(Cl)cc2)c(=S)s1)NCC1CCCO1. The second kappa shape index (κ2) is 8.44. The fourth-order valence-corrected chi connectivity index (χ4v) is 4.59. The van der Waals surface area contributed by atoms with E-state index in [1.165, 1.54) is 23.1 Å². The number of hydrogen-bond donors (Lipinski definition) is 1. The molecule has 0 aliphatic carbocycles. The van der Waals surface area contributed by atoms with Crippen LogP contribution < -0.4 is 5.32 Å². The second-order valence-corrected chi connectivity index (χ2v) is 8.53. The average Bonchev–Trinajstić information content (AvgIpc) is 3.21. The highest BCUT2D eigenvalue weighted by molar-refractivity contribution is 8.01. The number of ether oxygens (including phenoxy) is 1. The number of nitrogens with zero attached hydrogens (tertiary/aromatic N) is 2. The minimum Gasteiger partial charge on any atom is -0.376 e. The summed E-state index contributed by atoms with van der Waals surface area (Å²) in [7, 11) is 0. The minimum absolute atomic E-state index is 0.0188. The Hall–Kier alpha value is -0.930. The zero-order valence-corrected chi connectivity index (χ0v) is 15.9. The van der Waals surface area contributed by atoms with Crippen LogP contribution in [-0.4, -0.2) is 40.7 Å². The first-order chi connectivity index (χ1) is 11.6. The normalized spacial score (nSPS) is 17.1. The van der Waals surface area contributed by atoms with E-state index in [9.17, 15) is 4.79 Å². The number of thioether (sulfide) groups is 1. The van der Waals surface area contributed by atoms with Gasteiger partial charge in [-0.2, -0.15) is 0 Å². The number of hydrogen-bond acceptors (Lipinski definition) is 6. The van der Waals surface area contributed by atoms with Gasteiger partial charge in [0.25, 0.3) is 0 Å². The van der Waals surface area contributed by atoms with Crippen LogP contribution in [0.4, 0.5) is 0 Å². The van der Waals surface area contributed by atoms with Crippen molar-refractivity contribution < 1.29 is 9.53 Å². The molecular formula is C15H16ClN3O2S3. The Morgan fingerprint density at radius 3 is 3.00 bits per heavy atom. The van der Waals surface area contributed by atoms with Crippen molar-refractivity contribution in [3.05, 3.63) is 33.2 Å². The van der Waals surface area contributed by atoms with Gasteiger partial charge in [0, 0.05) is 18.2 Å². The molecule has 1 unspecified atom stereocenters. The summed E-state index contributed by atoms with van der Waals surface area (Å²) in [6.07, 6.45) is 2.24. The van der Waals surface area contributed by atoms with Gasteiger partial charge in [0.15, 0.2) is 8.29 Å². The van der Waals surface area contributed by atoms with Crippen LogP contribution in [0, 0.1) is 3.95 Å². The minimum atomic E-state index is -0.0188. The number of halogens is 1. The van der Waals surface area contributed by atoms with Crippen molar-refractivity contribution in [2.45, 2.75) is 23.3 Å². The fraction of sp³-hybridized carbons (Fsp3) is 0.400. The van der Waals surface area contributed by atoms with Gasteiger partial charge in [0.2, 0.25) is 5.91 Å². The Morgan fingerprint density at radius 2 is 2.29 bits per heavy atom. The summed E-state index contributed by atoms with van der Waals surface area (Å²) in [6.45, 7) is 1.37. The second-order valence-electron chi connectivity index (χ2n) is 5.25. The summed E-state index contributed by atoms with van der Waals surface area (Å²) in [4.78, 5) is 11.9. The Labute approximate surface area is 158 Å². The van der Waals surface area contributed by atoms with E-state index < -0.39 is 0 Å². The van der Waals surface area contributed by atoms with Crippen molar-refractivity contribution in [2.24, 2.45) is 0 Å². The fourth-order valence-electron chi connectivity index (χ4n) is 2.28. The molecule has 24 heavy (non-hydrogen) atoms. The van der Waals surface area contributed by atoms with E-state index in [0.29, 0.717) is 21.3 Å². The standard InChI is InChI=1S/C15H16ClN3O2S3/c16-10-3-5-11(6-4-10)19-15(22)24-14(18-19)23-9-13(20)17-8-12-2-1-7-21-12/h3-6,12H,1-2,7-9H2,(H,17,20). The van der Waals surface area contributed by atoms with E-state index in [2.05, 4.69) is 10.4 Å². The molecule has 2 heterocycles. The molecule has 1 aromatic carbocycles. The van der Waals surface area contributed by atoms with Gasteiger partial charge in [-0.3, -0.25) is 4.79 Å². The van der Waals surface area contributed by atoms with Crippen LogP contribution in [0.3, 0.4) is 0 Å². The molecule has 3 rings (SSSR count). The molecule has 1 atom stereocenters. The molecule has 1 saturated heterocycles. The molecule has 9 heteroatoms. The molecule has 1 amide bonds. The van der Waals surface area contributed by atoms with Crippen LogP contribution in [0.25, 0.3) is 5.69 Å². The summed E-state index contributed by atoms with van der Waals surface area (Å²) in [5, 5.41) is 8.03. The smallest absolute Gasteiger partial charge is 0.230 e. The third-order valence-electron chi connectivity index (χ3n) is 3.48. The maximum atomic E-state index is 11.9. The summed E-state index contributed by atoms with van der Waals surface area (Å²) < 4.78 is 8.57. The molecule has 128 valence electrons. The third kappa shape index (κ3) is 4.80.